The molecule has 1 aliphatic heterocycles. The minimum atomic E-state index is -0.0880. The fourth-order valence-corrected chi connectivity index (χ4v) is 3.43. The van der Waals surface area contributed by atoms with Gasteiger partial charge < -0.3 is 10.6 Å². The lowest BCUT2D eigenvalue weighted by molar-refractivity contribution is 0.0942. The summed E-state index contributed by atoms with van der Waals surface area (Å²) in [6.45, 7) is 2.02. The van der Waals surface area contributed by atoms with Crippen LogP contribution < -0.4 is 10.6 Å². The molecule has 20 heavy (non-hydrogen) atoms. The molecular formula is C14H13BrN4O. The standard InChI is InChI=1S/C14H13BrN4O/c15-10-6-16-3-7-1-2-11(18-12(7)10)14(20)19-13-8-4-17-5-9(8)13/h1-3,6,8-9,13,17H,4-5H2,(H,19,20)/t8-,9+,13?. The summed E-state index contributed by atoms with van der Waals surface area (Å²) in [5.74, 6) is 1.13. The maximum atomic E-state index is 12.3. The summed E-state index contributed by atoms with van der Waals surface area (Å²) in [6, 6.07) is 3.95. The van der Waals surface area contributed by atoms with E-state index in [1.54, 1.807) is 18.5 Å². The van der Waals surface area contributed by atoms with Crippen LogP contribution in [-0.4, -0.2) is 35.0 Å². The van der Waals surface area contributed by atoms with E-state index in [2.05, 4.69) is 36.5 Å². The molecule has 5 nitrogen and oxygen atoms in total. The molecule has 1 amide bonds. The number of carbonyl (C=O) groups excluding carboxylic acids is 1. The number of nitrogens with zero attached hydrogens (tertiary/aromatic N) is 2. The third kappa shape index (κ3) is 1.91. The van der Waals surface area contributed by atoms with E-state index < -0.39 is 0 Å². The zero-order valence-electron chi connectivity index (χ0n) is 10.6. The van der Waals surface area contributed by atoms with E-state index in [0.717, 1.165) is 28.5 Å². The van der Waals surface area contributed by atoms with Gasteiger partial charge in [0.05, 0.1) is 9.99 Å². The van der Waals surface area contributed by atoms with Crippen molar-refractivity contribution in [1.82, 2.24) is 20.6 Å². The van der Waals surface area contributed by atoms with Gasteiger partial charge in [0.2, 0.25) is 0 Å². The van der Waals surface area contributed by atoms with Crippen molar-refractivity contribution in [2.75, 3.05) is 13.1 Å². The second-order valence-electron chi connectivity index (χ2n) is 5.37. The first-order valence-corrected chi connectivity index (χ1v) is 7.45. The number of hydrogen-bond acceptors (Lipinski definition) is 4. The number of halogens is 1. The number of nitrogens with one attached hydrogen (secondary N) is 2. The summed E-state index contributed by atoms with van der Waals surface area (Å²) >= 11 is 3.42. The zero-order chi connectivity index (χ0) is 13.7. The van der Waals surface area contributed by atoms with E-state index >= 15 is 0 Å². The molecule has 0 spiro atoms. The van der Waals surface area contributed by atoms with Gasteiger partial charge in [0.15, 0.2) is 0 Å². The van der Waals surface area contributed by atoms with Crippen LogP contribution in [0.5, 0.6) is 0 Å². The Balaban J connectivity index is 1.58. The SMILES string of the molecule is O=C(NC1[C@H]2CNC[C@@H]12)c1ccc2cncc(Br)c2n1. The highest BCUT2D eigenvalue weighted by Crippen LogP contribution is 2.41. The molecule has 2 aromatic rings. The maximum Gasteiger partial charge on any atom is 0.270 e. The summed E-state index contributed by atoms with van der Waals surface area (Å²) in [7, 11) is 0. The number of carbonyl (C=O) groups is 1. The Bertz CT molecular complexity index is 695. The Labute approximate surface area is 124 Å². The first kappa shape index (κ1) is 12.2. The Morgan fingerprint density at radius 3 is 2.90 bits per heavy atom. The highest BCUT2D eigenvalue weighted by Gasteiger charge is 2.53. The molecule has 3 heterocycles. The summed E-state index contributed by atoms with van der Waals surface area (Å²) in [6.07, 6.45) is 3.43. The van der Waals surface area contributed by atoms with Gasteiger partial charge in [-0.25, -0.2) is 4.98 Å². The summed E-state index contributed by atoms with van der Waals surface area (Å²) < 4.78 is 0.803. The fraction of sp³-hybridized carbons (Fsp3) is 0.357. The third-order valence-electron chi connectivity index (χ3n) is 4.18. The van der Waals surface area contributed by atoms with Crippen molar-refractivity contribution >= 4 is 32.7 Å². The van der Waals surface area contributed by atoms with Gasteiger partial charge in [-0.15, -0.1) is 0 Å². The van der Waals surface area contributed by atoms with Gasteiger partial charge in [0.25, 0.3) is 5.91 Å². The van der Waals surface area contributed by atoms with Gasteiger partial charge >= 0.3 is 0 Å². The predicted octanol–water partition coefficient (Wildman–Crippen LogP) is 1.34. The molecule has 1 unspecified atom stereocenters. The van der Waals surface area contributed by atoms with Gasteiger partial charge in [-0.1, -0.05) is 0 Å². The second-order valence-corrected chi connectivity index (χ2v) is 6.23. The predicted molar refractivity (Wildman–Crippen MR) is 78.3 cm³/mol. The van der Waals surface area contributed by atoms with Crippen LogP contribution in [0.1, 0.15) is 10.5 Å². The van der Waals surface area contributed by atoms with Crippen LogP contribution in [0.3, 0.4) is 0 Å². The Morgan fingerprint density at radius 1 is 1.30 bits per heavy atom. The molecule has 2 aromatic heterocycles. The summed E-state index contributed by atoms with van der Waals surface area (Å²) in [5, 5.41) is 7.32. The number of piperidine rings is 1. The summed E-state index contributed by atoms with van der Waals surface area (Å²) in [4.78, 5) is 20.8. The number of aromatic nitrogens is 2. The molecule has 3 atom stereocenters. The normalized spacial score (nSPS) is 27.4. The average Bonchev–Trinajstić information content (AvgIpc) is 2.89. The fourth-order valence-electron chi connectivity index (χ4n) is 2.99. The number of fused-ring (bicyclic) bond motifs is 2. The van der Waals surface area contributed by atoms with Crippen LogP contribution in [-0.2, 0) is 0 Å². The molecule has 102 valence electrons. The smallest absolute Gasteiger partial charge is 0.270 e. The molecule has 1 aliphatic carbocycles. The molecule has 1 saturated heterocycles. The van der Waals surface area contributed by atoms with Crippen molar-refractivity contribution in [1.29, 1.82) is 0 Å². The quantitative estimate of drug-likeness (QED) is 0.870. The number of hydrogen-bond donors (Lipinski definition) is 2. The van der Waals surface area contributed by atoms with Gasteiger partial charge in [0, 0.05) is 36.9 Å². The van der Waals surface area contributed by atoms with Crippen molar-refractivity contribution in [3.8, 4) is 0 Å². The molecule has 6 heteroatoms. The molecule has 1 saturated carbocycles. The molecule has 0 bridgehead atoms. The van der Waals surface area contributed by atoms with Crippen molar-refractivity contribution < 1.29 is 4.79 Å². The van der Waals surface area contributed by atoms with E-state index in [4.69, 9.17) is 0 Å². The molecular weight excluding hydrogens is 320 g/mol. The monoisotopic (exact) mass is 332 g/mol. The number of rotatable bonds is 2. The van der Waals surface area contributed by atoms with Crippen LogP contribution >= 0.6 is 15.9 Å². The highest BCUT2D eigenvalue weighted by atomic mass is 79.9. The van der Waals surface area contributed by atoms with Gasteiger partial charge in [-0.3, -0.25) is 9.78 Å². The minimum Gasteiger partial charge on any atom is -0.347 e. The van der Waals surface area contributed by atoms with Crippen molar-refractivity contribution in [2.45, 2.75) is 6.04 Å². The number of pyridine rings is 2. The van der Waals surface area contributed by atoms with Crippen LogP contribution in [0.4, 0.5) is 0 Å². The maximum absolute atomic E-state index is 12.3. The second kappa shape index (κ2) is 4.49. The minimum absolute atomic E-state index is 0.0880. The summed E-state index contributed by atoms with van der Waals surface area (Å²) in [5.41, 5.74) is 1.23. The van der Waals surface area contributed by atoms with E-state index in [9.17, 15) is 4.79 Å². The van der Waals surface area contributed by atoms with Crippen molar-refractivity contribution in [3.63, 3.8) is 0 Å². The largest absolute Gasteiger partial charge is 0.347 e. The van der Waals surface area contributed by atoms with E-state index in [1.807, 2.05) is 6.07 Å². The van der Waals surface area contributed by atoms with Crippen LogP contribution in [0.15, 0.2) is 29.0 Å². The van der Waals surface area contributed by atoms with Gasteiger partial charge in [-0.2, -0.15) is 0 Å². The lowest BCUT2D eigenvalue weighted by Gasteiger charge is -2.08. The van der Waals surface area contributed by atoms with Crippen LogP contribution in [0.25, 0.3) is 10.9 Å². The van der Waals surface area contributed by atoms with Crippen LogP contribution in [0, 0.1) is 11.8 Å². The topological polar surface area (TPSA) is 66.9 Å². The van der Waals surface area contributed by atoms with E-state index in [1.165, 1.54) is 0 Å². The third-order valence-corrected chi connectivity index (χ3v) is 4.76. The highest BCUT2D eigenvalue weighted by molar-refractivity contribution is 9.10. The zero-order valence-corrected chi connectivity index (χ0v) is 12.2. The van der Waals surface area contributed by atoms with Gasteiger partial charge in [-0.05, 0) is 39.9 Å². The van der Waals surface area contributed by atoms with Gasteiger partial charge in [0.1, 0.15) is 5.69 Å². The van der Waals surface area contributed by atoms with Crippen molar-refractivity contribution in [2.24, 2.45) is 11.8 Å². The van der Waals surface area contributed by atoms with E-state index in [-0.39, 0.29) is 5.91 Å². The lowest BCUT2D eigenvalue weighted by atomic mass is 10.2. The number of amides is 1. The Kier molecular flexibility index (Phi) is 2.75. The Morgan fingerprint density at radius 2 is 2.10 bits per heavy atom. The molecule has 2 N–H and O–H groups in total. The average molecular weight is 333 g/mol. The van der Waals surface area contributed by atoms with E-state index in [0.29, 0.717) is 23.6 Å². The molecule has 0 radical (unpaired) electrons. The molecule has 2 aliphatic rings. The first-order chi connectivity index (χ1) is 9.74. The molecule has 0 aromatic carbocycles. The Hall–Kier alpha value is -1.53. The van der Waals surface area contributed by atoms with Crippen molar-refractivity contribution in [3.05, 3.63) is 34.7 Å². The molecule has 2 fully saturated rings. The molecule has 4 rings (SSSR count). The first-order valence-electron chi connectivity index (χ1n) is 6.66. The lowest BCUT2D eigenvalue weighted by Crippen LogP contribution is -2.32. The van der Waals surface area contributed by atoms with Crippen LogP contribution in [0.2, 0.25) is 0 Å².